The standard InChI is InChI=1S/C22H13ClFN7O2/c23-16-8-14(5-6-17(16)24)27-22-26-11-15(12-7-13(21(32)33)10-25-9-12)20(28-22)31-19-4-2-1-3-18(19)29-30-31/h1-11H,(H,32,33)(H,26,27,28). The van der Waals surface area contributed by atoms with E-state index in [2.05, 4.69) is 30.6 Å². The third-order valence-corrected chi connectivity index (χ3v) is 5.08. The molecule has 0 fully saturated rings. The molecule has 162 valence electrons. The van der Waals surface area contributed by atoms with Crippen LogP contribution in [0.15, 0.2) is 67.1 Å². The van der Waals surface area contributed by atoms with E-state index in [-0.39, 0.29) is 16.5 Å². The Kier molecular flexibility index (Phi) is 5.11. The van der Waals surface area contributed by atoms with E-state index in [0.29, 0.717) is 33.7 Å². The van der Waals surface area contributed by atoms with Gasteiger partial charge in [0.15, 0.2) is 5.82 Å². The molecule has 3 aromatic heterocycles. The van der Waals surface area contributed by atoms with E-state index >= 15 is 0 Å². The van der Waals surface area contributed by atoms with E-state index in [1.54, 1.807) is 0 Å². The number of fused-ring (bicyclic) bond motifs is 1. The van der Waals surface area contributed by atoms with E-state index in [4.69, 9.17) is 11.6 Å². The lowest BCUT2D eigenvalue weighted by Crippen LogP contribution is -2.07. The van der Waals surface area contributed by atoms with Crippen LogP contribution in [0.2, 0.25) is 5.02 Å². The number of hydrogen-bond donors (Lipinski definition) is 2. The van der Waals surface area contributed by atoms with Gasteiger partial charge in [0.2, 0.25) is 5.95 Å². The topological polar surface area (TPSA) is 119 Å². The number of rotatable bonds is 5. The fraction of sp³-hybridized carbons (Fsp3) is 0. The molecule has 9 nitrogen and oxygen atoms in total. The summed E-state index contributed by atoms with van der Waals surface area (Å²) in [6, 6.07) is 13.0. The Labute approximate surface area is 190 Å². The fourth-order valence-electron chi connectivity index (χ4n) is 3.23. The molecule has 0 amide bonds. The first-order valence-electron chi connectivity index (χ1n) is 9.58. The summed E-state index contributed by atoms with van der Waals surface area (Å²) < 4.78 is 15.0. The number of halogens is 2. The fourth-order valence-corrected chi connectivity index (χ4v) is 3.41. The Morgan fingerprint density at radius 2 is 1.94 bits per heavy atom. The molecule has 0 aliphatic heterocycles. The van der Waals surface area contributed by atoms with Crippen LogP contribution < -0.4 is 5.32 Å². The maximum atomic E-state index is 13.5. The zero-order valence-electron chi connectivity index (χ0n) is 16.6. The summed E-state index contributed by atoms with van der Waals surface area (Å²) in [5, 5.41) is 20.7. The Bertz CT molecular complexity index is 1520. The summed E-state index contributed by atoms with van der Waals surface area (Å²) in [6.45, 7) is 0. The van der Waals surface area contributed by atoms with Gasteiger partial charge in [-0.1, -0.05) is 28.9 Å². The molecule has 11 heteroatoms. The van der Waals surface area contributed by atoms with Gasteiger partial charge in [0.05, 0.1) is 16.1 Å². The molecular weight excluding hydrogens is 449 g/mol. The van der Waals surface area contributed by atoms with E-state index < -0.39 is 11.8 Å². The lowest BCUT2D eigenvalue weighted by Gasteiger charge is -2.12. The second kappa shape index (κ2) is 8.24. The van der Waals surface area contributed by atoms with E-state index in [1.807, 2.05) is 24.3 Å². The minimum atomic E-state index is -1.11. The minimum absolute atomic E-state index is 0.0186. The van der Waals surface area contributed by atoms with Gasteiger partial charge in [-0.15, -0.1) is 5.10 Å². The molecule has 0 aliphatic rings. The summed E-state index contributed by atoms with van der Waals surface area (Å²) in [5.74, 6) is -1.11. The predicted octanol–water partition coefficient (Wildman–Crippen LogP) is 4.51. The number of nitrogens with one attached hydrogen (secondary N) is 1. The highest BCUT2D eigenvalue weighted by Gasteiger charge is 2.17. The first-order valence-corrected chi connectivity index (χ1v) is 9.96. The summed E-state index contributed by atoms with van der Waals surface area (Å²) in [6.07, 6.45) is 4.29. The van der Waals surface area contributed by atoms with Crippen molar-refractivity contribution in [2.75, 3.05) is 5.32 Å². The molecule has 5 rings (SSSR count). The number of carbonyl (C=O) groups is 1. The van der Waals surface area contributed by atoms with Gasteiger partial charge in [0.1, 0.15) is 11.3 Å². The summed E-state index contributed by atoms with van der Waals surface area (Å²) >= 11 is 5.87. The first-order chi connectivity index (χ1) is 16.0. The molecule has 0 saturated carbocycles. The Balaban J connectivity index is 1.67. The molecule has 0 saturated heterocycles. The molecule has 3 heterocycles. The van der Waals surface area contributed by atoms with E-state index in [1.165, 1.54) is 47.5 Å². The zero-order valence-corrected chi connectivity index (χ0v) is 17.4. The Morgan fingerprint density at radius 3 is 2.76 bits per heavy atom. The van der Waals surface area contributed by atoms with Crippen LogP contribution in [0.25, 0.3) is 28.0 Å². The van der Waals surface area contributed by atoms with E-state index in [0.717, 1.165) is 0 Å². The van der Waals surface area contributed by atoms with Crippen LogP contribution in [0, 0.1) is 5.82 Å². The number of carboxylic acid groups (broad SMARTS) is 1. The van der Waals surface area contributed by atoms with Crippen LogP contribution in [0.4, 0.5) is 16.0 Å². The number of nitrogens with zero attached hydrogens (tertiary/aromatic N) is 6. The number of anilines is 2. The quantitative estimate of drug-likeness (QED) is 0.392. The van der Waals surface area contributed by atoms with Gasteiger partial charge in [0, 0.05) is 35.4 Å². The monoisotopic (exact) mass is 461 g/mol. The van der Waals surface area contributed by atoms with Crippen LogP contribution in [0.5, 0.6) is 0 Å². The molecule has 0 bridgehead atoms. The average Bonchev–Trinajstić information content (AvgIpc) is 3.25. The third kappa shape index (κ3) is 3.94. The normalized spacial score (nSPS) is 11.0. The molecule has 0 spiro atoms. The second-order valence-corrected chi connectivity index (χ2v) is 7.35. The van der Waals surface area contributed by atoms with Crippen molar-refractivity contribution < 1.29 is 14.3 Å². The number of aromatic carboxylic acids is 1. The zero-order chi connectivity index (χ0) is 22.9. The maximum absolute atomic E-state index is 13.5. The van der Waals surface area contributed by atoms with Crippen molar-refractivity contribution >= 4 is 40.2 Å². The van der Waals surface area contributed by atoms with Gasteiger partial charge in [-0.05, 0) is 36.4 Å². The van der Waals surface area contributed by atoms with Crippen molar-refractivity contribution in [1.82, 2.24) is 29.9 Å². The molecule has 2 N–H and O–H groups in total. The Hall–Kier alpha value is -4.44. The van der Waals surface area contributed by atoms with Gasteiger partial charge in [-0.25, -0.2) is 14.2 Å². The molecule has 0 radical (unpaired) electrons. The predicted molar refractivity (Wildman–Crippen MR) is 119 cm³/mol. The molecule has 2 aromatic carbocycles. The lowest BCUT2D eigenvalue weighted by atomic mass is 10.1. The van der Waals surface area contributed by atoms with Gasteiger partial charge in [-0.3, -0.25) is 4.98 Å². The van der Waals surface area contributed by atoms with Crippen molar-refractivity contribution in [2.45, 2.75) is 0 Å². The summed E-state index contributed by atoms with van der Waals surface area (Å²) in [5.41, 5.74) is 2.82. The number of carboxylic acids is 1. The van der Waals surface area contributed by atoms with Gasteiger partial charge < -0.3 is 10.4 Å². The van der Waals surface area contributed by atoms with Crippen LogP contribution in [0.3, 0.4) is 0 Å². The minimum Gasteiger partial charge on any atom is -0.478 e. The van der Waals surface area contributed by atoms with E-state index in [9.17, 15) is 14.3 Å². The molecule has 0 unspecified atom stereocenters. The number of benzene rings is 2. The van der Waals surface area contributed by atoms with Crippen molar-refractivity contribution in [3.63, 3.8) is 0 Å². The SMILES string of the molecule is O=C(O)c1cncc(-c2cnc(Nc3ccc(F)c(Cl)c3)nc2-n2nnc3ccccc32)c1. The van der Waals surface area contributed by atoms with Crippen molar-refractivity contribution in [3.05, 3.63) is 83.5 Å². The van der Waals surface area contributed by atoms with Gasteiger partial charge in [0.25, 0.3) is 0 Å². The third-order valence-electron chi connectivity index (χ3n) is 4.79. The van der Waals surface area contributed by atoms with Crippen molar-refractivity contribution in [1.29, 1.82) is 0 Å². The van der Waals surface area contributed by atoms with Crippen LogP contribution in [-0.2, 0) is 0 Å². The molecule has 33 heavy (non-hydrogen) atoms. The van der Waals surface area contributed by atoms with Crippen LogP contribution in [0.1, 0.15) is 10.4 Å². The largest absolute Gasteiger partial charge is 0.478 e. The van der Waals surface area contributed by atoms with Crippen LogP contribution in [-0.4, -0.2) is 41.0 Å². The Morgan fingerprint density at radius 1 is 1.09 bits per heavy atom. The van der Waals surface area contributed by atoms with Crippen molar-refractivity contribution in [3.8, 4) is 16.9 Å². The second-order valence-electron chi connectivity index (χ2n) is 6.94. The average molecular weight is 462 g/mol. The number of para-hydroxylation sites is 1. The van der Waals surface area contributed by atoms with Gasteiger partial charge in [-0.2, -0.15) is 9.67 Å². The number of aromatic nitrogens is 6. The maximum Gasteiger partial charge on any atom is 0.337 e. The lowest BCUT2D eigenvalue weighted by molar-refractivity contribution is 0.0696. The van der Waals surface area contributed by atoms with Gasteiger partial charge >= 0.3 is 5.97 Å². The molecular formula is C22H13ClFN7O2. The smallest absolute Gasteiger partial charge is 0.337 e. The highest BCUT2D eigenvalue weighted by molar-refractivity contribution is 6.31. The van der Waals surface area contributed by atoms with Crippen molar-refractivity contribution in [2.24, 2.45) is 0 Å². The highest BCUT2D eigenvalue weighted by atomic mass is 35.5. The number of hydrogen-bond acceptors (Lipinski definition) is 7. The van der Waals surface area contributed by atoms with Crippen LogP contribution >= 0.6 is 11.6 Å². The molecule has 0 aliphatic carbocycles. The molecule has 5 aromatic rings. The first kappa shape index (κ1) is 20.5. The number of pyridine rings is 1. The molecule has 0 atom stereocenters. The summed E-state index contributed by atoms with van der Waals surface area (Å²) in [4.78, 5) is 24.4. The summed E-state index contributed by atoms with van der Waals surface area (Å²) in [7, 11) is 0. The highest BCUT2D eigenvalue weighted by Crippen LogP contribution is 2.29.